The van der Waals surface area contributed by atoms with E-state index >= 15 is 0 Å². The Morgan fingerprint density at radius 3 is 2.35 bits per heavy atom. The highest BCUT2D eigenvalue weighted by Gasteiger charge is 2.27. The van der Waals surface area contributed by atoms with Gasteiger partial charge in [0.2, 0.25) is 0 Å². The monoisotopic (exact) mass is 281 g/mol. The van der Waals surface area contributed by atoms with Crippen LogP contribution in [0, 0.1) is 5.82 Å². The molecule has 0 aromatic heterocycles. The molecule has 0 fully saturated rings. The SMILES string of the molecule is CC(CC=O)N(C(=O)OC(C)(C)C)c1ccc(F)cc1. The van der Waals surface area contributed by atoms with Crippen LogP contribution in [-0.2, 0) is 9.53 Å². The summed E-state index contributed by atoms with van der Waals surface area (Å²) in [4.78, 5) is 24.3. The number of carbonyl (C=O) groups excluding carboxylic acids is 2. The van der Waals surface area contributed by atoms with Gasteiger partial charge in [0.1, 0.15) is 17.7 Å². The number of hydrogen-bond acceptors (Lipinski definition) is 3. The van der Waals surface area contributed by atoms with Gasteiger partial charge in [-0.05, 0) is 52.0 Å². The number of hydrogen-bond donors (Lipinski definition) is 0. The summed E-state index contributed by atoms with van der Waals surface area (Å²) in [7, 11) is 0. The molecule has 0 saturated carbocycles. The number of benzene rings is 1. The number of halogens is 1. The largest absolute Gasteiger partial charge is 0.443 e. The first-order valence-corrected chi connectivity index (χ1v) is 6.46. The minimum Gasteiger partial charge on any atom is -0.443 e. The Bertz CT molecular complexity index is 465. The fourth-order valence-corrected chi connectivity index (χ4v) is 1.70. The van der Waals surface area contributed by atoms with Gasteiger partial charge in [-0.15, -0.1) is 0 Å². The van der Waals surface area contributed by atoms with Crippen molar-refractivity contribution >= 4 is 18.1 Å². The number of ether oxygens (including phenoxy) is 1. The Kier molecular flexibility index (Phi) is 5.25. The molecule has 0 N–H and O–H groups in total. The molecule has 5 heteroatoms. The van der Waals surface area contributed by atoms with Crippen molar-refractivity contribution in [3.05, 3.63) is 30.1 Å². The van der Waals surface area contributed by atoms with Crippen LogP contribution >= 0.6 is 0 Å². The predicted molar refractivity (Wildman–Crippen MR) is 75.3 cm³/mol. The van der Waals surface area contributed by atoms with E-state index in [1.807, 2.05) is 0 Å². The molecule has 20 heavy (non-hydrogen) atoms. The first-order valence-electron chi connectivity index (χ1n) is 6.46. The molecule has 1 rings (SSSR count). The van der Waals surface area contributed by atoms with Crippen molar-refractivity contribution in [2.24, 2.45) is 0 Å². The van der Waals surface area contributed by atoms with Crippen LogP contribution in [0.15, 0.2) is 24.3 Å². The maximum Gasteiger partial charge on any atom is 0.415 e. The molecule has 1 aromatic rings. The number of carbonyl (C=O) groups is 2. The van der Waals surface area contributed by atoms with Crippen LogP contribution in [-0.4, -0.2) is 24.0 Å². The van der Waals surface area contributed by atoms with Gasteiger partial charge in [0.05, 0.1) is 0 Å². The number of nitrogens with zero attached hydrogens (tertiary/aromatic N) is 1. The topological polar surface area (TPSA) is 46.6 Å². The van der Waals surface area contributed by atoms with E-state index in [4.69, 9.17) is 4.74 Å². The van der Waals surface area contributed by atoms with E-state index in [1.54, 1.807) is 27.7 Å². The van der Waals surface area contributed by atoms with Crippen LogP contribution in [0.1, 0.15) is 34.1 Å². The Labute approximate surface area is 118 Å². The number of anilines is 1. The van der Waals surface area contributed by atoms with E-state index in [-0.39, 0.29) is 18.3 Å². The van der Waals surface area contributed by atoms with Crippen LogP contribution < -0.4 is 4.90 Å². The van der Waals surface area contributed by atoms with E-state index in [0.717, 1.165) is 6.29 Å². The van der Waals surface area contributed by atoms with Gasteiger partial charge in [0, 0.05) is 18.2 Å². The number of aldehydes is 1. The van der Waals surface area contributed by atoms with Crippen molar-refractivity contribution in [2.75, 3.05) is 4.90 Å². The Morgan fingerprint density at radius 1 is 1.35 bits per heavy atom. The third-order valence-electron chi connectivity index (χ3n) is 2.57. The first-order chi connectivity index (χ1) is 9.24. The van der Waals surface area contributed by atoms with E-state index < -0.39 is 11.7 Å². The molecule has 4 nitrogen and oxygen atoms in total. The van der Waals surface area contributed by atoms with Gasteiger partial charge in [-0.25, -0.2) is 9.18 Å². The van der Waals surface area contributed by atoms with Gasteiger partial charge < -0.3 is 9.53 Å². The molecule has 0 spiro atoms. The standard InChI is InChI=1S/C15H20FNO3/c1-11(9-10-18)17(14(19)20-15(2,3)4)13-7-5-12(16)6-8-13/h5-8,10-11H,9H2,1-4H3. The number of amides is 1. The van der Waals surface area contributed by atoms with Gasteiger partial charge in [0.15, 0.2) is 0 Å². The fourth-order valence-electron chi connectivity index (χ4n) is 1.70. The molecule has 0 bridgehead atoms. The number of rotatable bonds is 4. The molecule has 110 valence electrons. The lowest BCUT2D eigenvalue weighted by Gasteiger charge is -2.31. The van der Waals surface area contributed by atoms with Gasteiger partial charge in [-0.3, -0.25) is 4.90 Å². The zero-order chi connectivity index (χ0) is 15.3. The molecule has 0 heterocycles. The first kappa shape index (κ1) is 16.1. The van der Waals surface area contributed by atoms with Crippen molar-refractivity contribution in [1.82, 2.24) is 0 Å². The smallest absolute Gasteiger partial charge is 0.415 e. The van der Waals surface area contributed by atoms with Crippen LogP contribution in [0.25, 0.3) is 0 Å². The van der Waals surface area contributed by atoms with Crippen LogP contribution in [0.3, 0.4) is 0 Å². The molecule has 0 saturated heterocycles. The average molecular weight is 281 g/mol. The zero-order valence-corrected chi connectivity index (χ0v) is 12.2. The Hall–Kier alpha value is -1.91. The van der Waals surface area contributed by atoms with Gasteiger partial charge in [0.25, 0.3) is 0 Å². The summed E-state index contributed by atoms with van der Waals surface area (Å²) in [5.74, 6) is -0.388. The van der Waals surface area contributed by atoms with E-state index in [1.165, 1.54) is 29.2 Å². The normalized spacial score (nSPS) is 12.7. The lowest BCUT2D eigenvalue weighted by atomic mass is 10.2. The maximum atomic E-state index is 13.0. The summed E-state index contributed by atoms with van der Waals surface area (Å²) in [5.41, 5.74) is -0.147. The van der Waals surface area contributed by atoms with Gasteiger partial charge in [-0.2, -0.15) is 0 Å². The molecule has 1 amide bonds. The second-order valence-corrected chi connectivity index (χ2v) is 5.58. The molecule has 1 unspecified atom stereocenters. The highest BCUT2D eigenvalue weighted by molar-refractivity contribution is 5.88. The second kappa shape index (κ2) is 6.50. The average Bonchev–Trinajstić information content (AvgIpc) is 2.30. The molecule has 0 aliphatic rings. The zero-order valence-electron chi connectivity index (χ0n) is 12.2. The summed E-state index contributed by atoms with van der Waals surface area (Å²) in [6.07, 6.45) is 0.362. The summed E-state index contributed by atoms with van der Waals surface area (Å²) in [6.45, 7) is 7.02. The van der Waals surface area contributed by atoms with E-state index in [2.05, 4.69) is 0 Å². The molecule has 0 aliphatic carbocycles. The predicted octanol–water partition coefficient (Wildman–Crippen LogP) is 3.54. The van der Waals surface area contributed by atoms with Crippen LogP contribution in [0.4, 0.5) is 14.9 Å². The van der Waals surface area contributed by atoms with Crippen molar-refractivity contribution < 1.29 is 18.7 Å². The minimum atomic E-state index is -0.643. The van der Waals surface area contributed by atoms with Crippen LogP contribution in [0.2, 0.25) is 0 Å². The fraction of sp³-hybridized carbons (Fsp3) is 0.467. The molecule has 0 aliphatic heterocycles. The summed E-state index contributed by atoms with van der Waals surface area (Å²) in [5, 5.41) is 0. The lowest BCUT2D eigenvalue weighted by molar-refractivity contribution is -0.108. The maximum absolute atomic E-state index is 13.0. The summed E-state index contributed by atoms with van der Waals surface area (Å²) in [6, 6.07) is 5.13. The Balaban J connectivity index is 3.04. The molecule has 1 atom stereocenters. The van der Waals surface area contributed by atoms with Crippen molar-refractivity contribution in [3.8, 4) is 0 Å². The summed E-state index contributed by atoms with van der Waals surface area (Å²) >= 11 is 0. The second-order valence-electron chi connectivity index (χ2n) is 5.58. The van der Waals surface area contributed by atoms with E-state index in [9.17, 15) is 14.0 Å². The van der Waals surface area contributed by atoms with Gasteiger partial charge >= 0.3 is 6.09 Å². The van der Waals surface area contributed by atoms with Crippen LogP contribution in [0.5, 0.6) is 0 Å². The molecule has 1 aromatic carbocycles. The lowest BCUT2D eigenvalue weighted by Crippen LogP contribution is -2.42. The van der Waals surface area contributed by atoms with Crippen molar-refractivity contribution in [2.45, 2.75) is 45.8 Å². The highest BCUT2D eigenvalue weighted by Crippen LogP contribution is 2.22. The third-order valence-corrected chi connectivity index (χ3v) is 2.57. The van der Waals surface area contributed by atoms with E-state index in [0.29, 0.717) is 5.69 Å². The van der Waals surface area contributed by atoms with Crippen molar-refractivity contribution in [1.29, 1.82) is 0 Å². The van der Waals surface area contributed by atoms with Gasteiger partial charge in [-0.1, -0.05) is 0 Å². The molecular formula is C15H20FNO3. The Morgan fingerprint density at radius 2 is 1.90 bits per heavy atom. The highest BCUT2D eigenvalue weighted by atomic mass is 19.1. The van der Waals surface area contributed by atoms with Crippen molar-refractivity contribution in [3.63, 3.8) is 0 Å². The molecule has 0 radical (unpaired) electrons. The molecular weight excluding hydrogens is 261 g/mol. The third kappa shape index (κ3) is 4.64. The summed E-state index contributed by atoms with van der Waals surface area (Å²) < 4.78 is 18.3. The quantitative estimate of drug-likeness (QED) is 0.793. The minimum absolute atomic E-state index is 0.177.